The van der Waals surface area contributed by atoms with Crippen LogP contribution in [0.3, 0.4) is 0 Å². The van der Waals surface area contributed by atoms with Crippen LogP contribution in [0.2, 0.25) is 0 Å². The first-order valence-corrected chi connectivity index (χ1v) is 9.12. The van der Waals surface area contributed by atoms with Crippen molar-refractivity contribution in [2.24, 2.45) is 0 Å². The molecular formula is C21H21F2N3O3. The fraction of sp³-hybridized carbons (Fsp3) is 0.286. The van der Waals surface area contributed by atoms with Gasteiger partial charge < -0.3 is 4.90 Å². The number of urea groups is 1. The predicted molar refractivity (Wildman–Crippen MR) is 103 cm³/mol. The average molecular weight is 401 g/mol. The number of hydrogen-bond acceptors (Lipinski definition) is 3. The van der Waals surface area contributed by atoms with Gasteiger partial charge in [0.05, 0.1) is 6.04 Å². The first-order valence-electron chi connectivity index (χ1n) is 9.12. The van der Waals surface area contributed by atoms with Crippen LogP contribution in [-0.2, 0) is 9.59 Å². The molecule has 152 valence electrons. The van der Waals surface area contributed by atoms with Gasteiger partial charge in [-0.2, -0.15) is 0 Å². The number of rotatable bonds is 5. The number of hydrogen-bond donors (Lipinski definition) is 0. The van der Waals surface area contributed by atoms with E-state index in [1.807, 2.05) is 0 Å². The Morgan fingerprint density at radius 2 is 1.55 bits per heavy atom. The van der Waals surface area contributed by atoms with Crippen LogP contribution in [0.1, 0.15) is 25.5 Å². The van der Waals surface area contributed by atoms with Crippen LogP contribution in [0.5, 0.6) is 0 Å². The highest BCUT2D eigenvalue weighted by molar-refractivity contribution is 6.15. The molecule has 0 radical (unpaired) electrons. The number of benzene rings is 2. The van der Waals surface area contributed by atoms with Gasteiger partial charge in [0.2, 0.25) is 5.91 Å². The minimum absolute atomic E-state index is 0.374. The van der Waals surface area contributed by atoms with Crippen LogP contribution in [0, 0.1) is 11.6 Å². The Morgan fingerprint density at radius 1 is 1.03 bits per heavy atom. The van der Waals surface area contributed by atoms with Gasteiger partial charge in [0.1, 0.15) is 24.2 Å². The van der Waals surface area contributed by atoms with Gasteiger partial charge in [-0.15, -0.1) is 0 Å². The van der Waals surface area contributed by atoms with Crippen molar-refractivity contribution in [3.8, 4) is 0 Å². The smallest absolute Gasteiger partial charge is 0.332 e. The zero-order valence-corrected chi connectivity index (χ0v) is 16.3. The Kier molecular flexibility index (Phi) is 5.63. The lowest BCUT2D eigenvalue weighted by atomic mass is 10.1. The minimum Gasteiger partial charge on any atom is -0.337 e. The molecule has 3 rings (SSSR count). The topological polar surface area (TPSA) is 60.9 Å². The van der Waals surface area contributed by atoms with Crippen molar-refractivity contribution in [3.63, 3.8) is 0 Å². The molecule has 0 N–H and O–H groups in total. The van der Waals surface area contributed by atoms with Crippen molar-refractivity contribution in [2.45, 2.75) is 25.9 Å². The molecule has 1 fully saturated rings. The summed E-state index contributed by atoms with van der Waals surface area (Å²) in [6, 6.07) is 9.17. The summed E-state index contributed by atoms with van der Waals surface area (Å²) in [5.41, 5.74) is 1.10. The number of carbonyl (C=O) groups is 3. The van der Waals surface area contributed by atoms with E-state index in [9.17, 15) is 23.2 Å². The molecule has 0 aliphatic carbocycles. The molecule has 2 aromatic carbocycles. The van der Waals surface area contributed by atoms with Crippen molar-refractivity contribution in [2.75, 3.05) is 18.5 Å². The maximum atomic E-state index is 13.2. The van der Waals surface area contributed by atoms with Crippen molar-refractivity contribution < 1.29 is 23.2 Å². The third kappa shape index (κ3) is 3.96. The van der Waals surface area contributed by atoms with Crippen LogP contribution in [0.4, 0.5) is 19.3 Å². The highest BCUT2D eigenvalue weighted by atomic mass is 19.1. The third-order valence-corrected chi connectivity index (χ3v) is 5.17. The summed E-state index contributed by atoms with van der Waals surface area (Å²) in [7, 11) is 1.56. The van der Waals surface area contributed by atoms with Crippen LogP contribution in [0.15, 0.2) is 48.5 Å². The predicted octanol–water partition coefficient (Wildman–Crippen LogP) is 3.34. The maximum absolute atomic E-state index is 13.2. The van der Waals surface area contributed by atoms with Gasteiger partial charge in [-0.1, -0.05) is 12.1 Å². The fourth-order valence-electron chi connectivity index (χ4n) is 3.23. The molecular weight excluding hydrogens is 380 g/mol. The fourth-order valence-corrected chi connectivity index (χ4v) is 3.23. The lowest BCUT2D eigenvalue weighted by Gasteiger charge is -2.27. The molecule has 8 heteroatoms. The van der Waals surface area contributed by atoms with E-state index >= 15 is 0 Å². The lowest BCUT2D eigenvalue weighted by Crippen LogP contribution is -2.43. The molecule has 1 heterocycles. The van der Waals surface area contributed by atoms with E-state index in [-0.39, 0.29) is 11.9 Å². The second-order valence-corrected chi connectivity index (χ2v) is 6.96. The average Bonchev–Trinajstić information content (AvgIpc) is 2.91. The summed E-state index contributed by atoms with van der Waals surface area (Å²) < 4.78 is 26.3. The summed E-state index contributed by atoms with van der Waals surface area (Å²) in [5.74, 6) is -1.77. The highest BCUT2D eigenvalue weighted by Crippen LogP contribution is 2.26. The second kappa shape index (κ2) is 7.98. The molecule has 4 amide bonds. The van der Waals surface area contributed by atoms with E-state index in [4.69, 9.17) is 0 Å². The Labute approximate surface area is 167 Å². The van der Waals surface area contributed by atoms with Gasteiger partial charge >= 0.3 is 6.03 Å². The van der Waals surface area contributed by atoms with E-state index in [0.29, 0.717) is 5.69 Å². The molecule has 29 heavy (non-hydrogen) atoms. The number of carbonyl (C=O) groups excluding carboxylic acids is 3. The number of anilines is 1. The molecule has 0 spiro atoms. The van der Waals surface area contributed by atoms with Crippen molar-refractivity contribution in [3.05, 3.63) is 65.7 Å². The largest absolute Gasteiger partial charge is 0.337 e. The minimum atomic E-state index is -0.805. The summed E-state index contributed by atoms with van der Waals surface area (Å²) in [6.45, 7) is 2.91. The number of nitrogens with zero attached hydrogens (tertiary/aromatic N) is 3. The summed E-state index contributed by atoms with van der Waals surface area (Å²) >= 11 is 0. The quantitative estimate of drug-likeness (QED) is 0.722. The van der Waals surface area contributed by atoms with E-state index in [2.05, 4.69) is 0 Å². The van der Waals surface area contributed by atoms with Gasteiger partial charge in [-0.25, -0.2) is 13.6 Å². The molecule has 1 aliphatic heterocycles. The van der Waals surface area contributed by atoms with Crippen LogP contribution < -0.4 is 4.90 Å². The molecule has 1 saturated heterocycles. The number of likely N-dealkylation sites (N-methyl/N-ethyl adjacent to an activating group) is 1. The van der Waals surface area contributed by atoms with E-state index < -0.39 is 36.2 Å². The van der Waals surface area contributed by atoms with E-state index in [1.54, 1.807) is 33.0 Å². The Morgan fingerprint density at radius 3 is 2.10 bits per heavy atom. The standard InChI is InChI=1S/C21H21F2N3O3/c1-13(15-4-6-16(22)7-5-15)24(3)19(27)12-25-20(28)14(2)26(21(25)29)18-10-8-17(23)9-11-18/h4-11,13-14H,12H2,1-3H3. The Bertz CT molecular complexity index is 931. The van der Waals surface area contributed by atoms with Crippen LogP contribution in [0.25, 0.3) is 0 Å². The molecule has 2 unspecified atom stereocenters. The number of amides is 4. The molecule has 0 aromatic heterocycles. The zero-order valence-electron chi connectivity index (χ0n) is 16.3. The Hall–Kier alpha value is -3.29. The summed E-state index contributed by atoms with van der Waals surface area (Å²) in [4.78, 5) is 41.6. The van der Waals surface area contributed by atoms with E-state index in [0.717, 1.165) is 10.5 Å². The molecule has 6 nitrogen and oxygen atoms in total. The molecule has 2 atom stereocenters. The lowest BCUT2D eigenvalue weighted by molar-refractivity contribution is -0.137. The molecule has 0 saturated carbocycles. The van der Waals surface area contributed by atoms with Crippen molar-refractivity contribution in [1.82, 2.24) is 9.80 Å². The zero-order chi connectivity index (χ0) is 21.3. The Balaban J connectivity index is 1.74. The maximum Gasteiger partial charge on any atom is 0.332 e. The number of imide groups is 1. The van der Waals surface area contributed by atoms with Gasteiger partial charge in [0.15, 0.2) is 0 Å². The normalized spacial score (nSPS) is 17.6. The first kappa shape index (κ1) is 20.4. The van der Waals surface area contributed by atoms with Crippen LogP contribution in [-0.4, -0.2) is 47.3 Å². The highest BCUT2D eigenvalue weighted by Gasteiger charge is 2.44. The molecule has 1 aliphatic rings. The van der Waals surface area contributed by atoms with Crippen molar-refractivity contribution >= 4 is 23.5 Å². The summed E-state index contributed by atoms with van der Waals surface area (Å²) in [5, 5.41) is 0. The first-order chi connectivity index (χ1) is 13.7. The van der Waals surface area contributed by atoms with Gasteiger partial charge in [-0.05, 0) is 55.8 Å². The van der Waals surface area contributed by atoms with Gasteiger partial charge in [0, 0.05) is 12.7 Å². The van der Waals surface area contributed by atoms with Crippen molar-refractivity contribution in [1.29, 1.82) is 0 Å². The number of halogens is 2. The molecule has 0 bridgehead atoms. The second-order valence-electron chi connectivity index (χ2n) is 6.96. The monoisotopic (exact) mass is 401 g/mol. The third-order valence-electron chi connectivity index (χ3n) is 5.17. The SMILES string of the molecule is CC(c1ccc(F)cc1)N(C)C(=O)CN1C(=O)C(C)N(c2ccc(F)cc2)C1=O. The van der Waals surface area contributed by atoms with E-state index in [1.165, 1.54) is 46.2 Å². The van der Waals surface area contributed by atoms with Gasteiger partial charge in [0.25, 0.3) is 5.91 Å². The molecule has 2 aromatic rings. The summed E-state index contributed by atoms with van der Waals surface area (Å²) in [6.07, 6.45) is 0. The van der Waals surface area contributed by atoms with Gasteiger partial charge in [-0.3, -0.25) is 19.4 Å². The van der Waals surface area contributed by atoms with Crippen LogP contribution >= 0.6 is 0 Å².